The van der Waals surface area contributed by atoms with Gasteiger partial charge in [-0.15, -0.1) is 10.2 Å². The highest BCUT2D eigenvalue weighted by molar-refractivity contribution is 6.33. The van der Waals surface area contributed by atoms with Crippen LogP contribution in [0.3, 0.4) is 0 Å². The Morgan fingerprint density at radius 3 is 2.22 bits per heavy atom. The van der Waals surface area contributed by atoms with Crippen molar-refractivity contribution in [2.24, 2.45) is 0 Å². The van der Waals surface area contributed by atoms with Gasteiger partial charge in [0.25, 0.3) is 0 Å². The van der Waals surface area contributed by atoms with Crippen LogP contribution >= 0.6 is 11.6 Å². The molecule has 2 heterocycles. The minimum absolute atomic E-state index is 0.134. The smallest absolute Gasteiger partial charge is 0.399 e. The van der Waals surface area contributed by atoms with Crippen LogP contribution in [-0.4, -0.2) is 14.6 Å². The minimum atomic E-state index is -4.58. The first-order chi connectivity index (χ1) is 12.8. The highest BCUT2D eigenvalue weighted by atomic mass is 35.5. The fourth-order valence-electron chi connectivity index (χ4n) is 2.86. The number of fused-ring (bicyclic) bond motifs is 1. The molecule has 0 bridgehead atoms. The normalized spacial score (nSPS) is 11.9. The van der Waals surface area contributed by atoms with Gasteiger partial charge < -0.3 is 5.73 Å². The van der Waals surface area contributed by atoms with Crippen molar-refractivity contribution in [3.8, 4) is 22.3 Å². The Hall–Kier alpha value is -3.06. The summed E-state index contributed by atoms with van der Waals surface area (Å²) in [6.45, 7) is 0. The van der Waals surface area contributed by atoms with Crippen molar-refractivity contribution in [2.45, 2.75) is 6.18 Å². The Balaban J connectivity index is 1.75. The van der Waals surface area contributed by atoms with E-state index in [1.807, 2.05) is 24.3 Å². The van der Waals surface area contributed by atoms with Crippen LogP contribution in [0.1, 0.15) is 5.82 Å². The van der Waals surface area contributed by atoms with Gasteiger partial charge >= 0.3 is 6.18 Å². The van der Waals surface area contributed by atoms with E-state index in [0.717, 1.165) is 21.1 Å². The number of nitrogen functional groups attached to an aromatic ring is 1. The molecule has 8 heteroatoms. The summed E-state index contributed by atoms with van der Waals surface area (Å²) in [6, 6.07) is 15.7. The molecular formula is C19H12ClF3N4. The number of anilines is 1. The zero-order valence-electron chi connectivity index (χ0n) is 13.7. The van der Waals surface area contributed by atoms with E-state index >= 15 is 0 Å². The van der Waals surface area contributed by atoms with Crippen molar-refractivity contribution in [1.29, 1.82) is 0 Å². The molecular weight excluding hydrogens is 377 g/mol. The molecule has 0 amide bonds. The Kier molecular flexibility index (Phi) is 4.04. The van der Waals surface area contributed by atoms with Crippen molar-refractivity contribution >= 4 is 22.9 Å². The fourth-order valence-corrected chi connectivity index (χ4v) is 3.09. The van der Waals surface area contributed by atoms with Gasteiger partial charge in [0.2, 0.25) is 5.82 Å². The van der Waals surface area contributed by atoms with E-state index in [1.54, 1.807) is 24.3 Å². The van der Waals surface area contributed by atoms with E-state index in [1.165, 1.54) is 12.3 Å². The zero-order chi connectivity index (χ0) is 19.2. The maximum Gasteiger partial charge on any atom is 0.452 e. The van der Waals surface area contributed by atoms with Crippen LogP contribution in [0.25, 0.3) is 27.9 Å². The lowest BCUT2D eigenvalue weighted by atomic mass is 10.0. The molecule has 2 aromatic carbocycles. The van der Waals surface area contributed by atoms with Gasteiger partial charge in [-0.05, 0) is 47.0 Å². The van der Waals surface area contributed by atoms with Crippen LogP contribution in [0.15, 0.2) is 60.8 Å². The highest BCUT2D eigenvalue weighted by Crippen LogP contribution is 2.32. The van der Waals surface area contributed by atoms with Crippen LogP contribution < -0.4 is 5.73 Å². The predicted molar refractivity (Wildman–Crippen MR) is 98.3 cm³/mol. The van der Waals surface area contributed by atoms with Gasteiger partial charge in [-0.1, -0.05) is 35.9 Å². The first-order valence-electron chi connectivity index (χ1n) is 7.91. The van der Waals surface area contributed by atoms with Gasteiger partial charge in [-0.3, -0.25) is 4.40 Å². The van der Waals surface area contributed by atoms with Crippen molar-refractivity contribution in [3.63, 3.8) is 0 Å². The molecule has 0 aliphatic heterocycles. The SMILES string of the molecule is Nc1ccc(Cl)c(-c2ccc(-c3ccc4nnc(C(F)(F)F)n4c3)cc2)c1. The summed E-state index contributed by atoms with van der Waals surface area (Å²) < 4.78 is 40.1. The van der Waals surface area contributed by atoms with E-state index in [-0.39, 0.29) is 5.65 Å². The number of rotatable bonds is 2. The lowest BCUT2D eigenvalue weighted by Crippen LogP contribution is -2.10. The number of pyridine rings is 1. The monoisotopic (exact) mass is 388 g/mol. The third-order valence-electron chi connectivity index (χ3n) is 4.18. The first-order valence-corrected chi connectivity index (χ1v) is 8.28. The van der Waals surface area contributed by atoms with Gasteiger partial charge in [0.1, 0.15) is 0 Å². The molecule has 0 atom stereocenters. The molecule has 136 valence electrons. The lowest BCUT2D eigenvalue weighted by molar-refractivity contribution is -0.145. The number of nitrogens with zero attached hydrogens (tertiary/aromatic N) is 3. The van der Waals surface area contributed by atoms with Gasteiger partial charge in [-0.25, -0.2) is 0 Å². The molecule has 4 rings (SSSR count). The van der Waals surface area contributed by atoms with Crippen molar-refractivity contribution in [2.75, 3.05) is 5.73 Å². The maximum atomic E-state index is 13.1. The van der Waals surface area contributed by atoms with Crippen LogP contribution in [0.4, 0.5) is 18.9 Å². The molecule has 2 N–H and O–H groups in total. The summed E-state index contributed by atoms with van der Waals surface area (Å²) in [7, 11) is 0. The van der Waals surface area contributed by atoms with Crippen molar-refractivity contribution < 1.29 is 13.2 Å². The number of hydrogen-bond acceptors (Lipinski definition) is 3. The highest BCUT2D eigenvalue weighted by Gasteiger charge is 2.36. The van der Waals surface area contributed by atoms with Crippen LogP contribution in [0, 0.1) is 0 Å². The number of benzene rings is 2. The van der Waals surface area contributed by atoms with E-state index in [2.05, 4.69) is 10.2 Å². The molecule has 0 aliphatic rings. The number of nitrogens with two attached hydrogens (primary N) is 1. The summed E-state index contributed by atoms with van der Waals surface area (Å²) in [5, 5.41) is 7.36. The third kappa shape index (κ3) is 3.21. The molecule has 0 spiro atoms. The molecule has 4 aromatic rings. The van der Waals surface area contributed by atoms with E-state index < -0.39 is 12.0 Å². The summed E-state index contributed by atoms with van der Waals surface area (Å²) in [4.78, 5) is 0. The predicted octanol–water partition coefficient (Wildman–Crippen LogP) is 5.32. The standard InChI is InChI=1S/C19H12ClF3N4/c20-16-7-6-14(24)9-15(16)12-3-1-11(2-4-12)13-5-8-17-25-26-18(19(21,22)23)27(17)10-13/h1-10H,24H2. The largest absolute Gasteiger partial charge is 0.452 e. The molecule has 0 radical (unpaired) electrons. The second-order valence-electron chi connectivity index (χ2n) is 5.98. The molecule has 0 fully saturated rings. The second-order valence-corrected chi connectivity index (χ2v) is 6.39. The lowest BCUT2D eigenvalue weighted by Gasteiger charge is -2.09. The number of aromatic nitrogens is 3. The summed E-state index contributed by atoms with van der Waals surface area (Å²) in [6.07, 6.45) is -3.20. The fraction of sp³-hybridized carbons (Fsp3) is 0.0526. The molecule has 27 heavy (non-hydrogen) atoms. The van der Waals surface area contributed by atoms with E-state index in [4.69, 9.17) is 17.3 Å². The molecule has 0 aliphatic carbocycles. The third-order valence-corrected chi connectivity index (χ3v) is 4.51. The first kappa shape index (κ1) is 17.4. The average Bonchev–Trinajstić information content (AvgIpc) is 3.07. The number of alkyl halides is 3. The summed E-state index contributed by atoms with van der Waals surface area (Å²) in [5.41, 5.74) is 9.55. The molecule has 0 saturated heterocycles. The van der Waals surface area contributed by atoms with E-state index in [0.29, 0.717) is 16.3 Å². The van der Waals surface area contributed by atoms with Gasteiger partial charge in [-0.2, -0.15) is 13.2 Å². The Labute approximate surface area is 157 Å². The Morgan fingerprint density at radius 1 is 0.852 bits per heavy atom. The Bertz CT molecular complexity index is 1130. The summed E-state index contributed by atoms with van der Waals surface area (Å²) >= 11 is 6.22. The molecule has 4 nitrogen and oxygen atoms in total. The van der Waals surface area contributed by atoms with Crippen LogP contribution in [-0.2, 0) is 6.18 Å². The van der Waals surface area contributed by atoms with Gasteiger partial charge in [0, 0.05) is 22.5 Å². The molecule has 0 unspecified atom stereocenters. The van der Waals surface area contributed by atoms with Gasteiger partial charge in [0.05, 0.1) is 0 Å². The Morgan fingerprint density at radius 2 is 1.52 bits per heavy atom. The number of halogens is 4. The average molecular weight is 389 g/mol. The van der Waals surface area contributed by atoms with Crippen molar-refractivity contribution in [1.82, 2.24) is 14.6 Å². The van der Waals surface area contributed by atoms with Gasteiger partial charge in [0.15, 0.2) is 5.65 Å². The molecule has 0 saturated carbocycles. The number of hydrogen-bond donors (Lipinski definition) is 1. The molecule has 2 aromatic heterocycles. The maximum absolute atomic E-state index is 13.1. The summed E-state index contributed by atoms with van der Waals surface area (Å²) in [5.74, 6) is -1.05. The quantitative estimate of drug-likeness (QED) is 0.473. The minimum Gasteiger partial charge on any atom is -0.399 e. The topological polar surface area (TPSA) is 56.2 Å². The van der Waals surface area contributed by atoms with Crippen LogP contribution in [0.2, 0.25) is 5.02 Å². The van der Waals surface area contributed by atoms with Crippen molar-refractivity contribution in [3.05, 3.63) is 71.6 Å². The zero-order valence-corrected chi connectivity index (χ0v) is 14.5. The second kappa shape index (κ2) is 6.28. The van der Waals surface area contributed by atoms with E-state index in [9.17, 15) is 13.2 Å². The van der Waals surface area contributed by atoms with Crippen LogP contribution in [0.5, 0.6) is 0 Å².